The lowest BCUT2D eigenvalue weighted by atomic mass is 9.99. The summed E-state index contributed by atoms with van der Waals surface area (Å²) in [6.07, 6.45) is 8.82. The summed E-state index contributed by atoms with van der Waals surface area (Å²) >= 11 is 0. The smallest absolute Gasteiger partial charge is 0.160 e. The summed E-state index contributed by atoms with van der Waals surface area (Å²) in [6.45, 7) is 4.35. The Bertz CT molecular complexity index is 358. The number of benzene rings is 1. The SMILES string of the molecule is CCCCCc1cc(O)c(O)c(CCCCC)c1. The normalized spacial score (nSPS) is 10.8. The maximum absolute atomic E-state index is 9.84. The van der Waals surface area contributed by atoms with E-state index >= 15 is 0 Å². The molecular formula is C16H26O2. The zero-order valence-corrected chi connectivity index (χ0v) is 11.7. The van der Waals surface area contributed by atoms with E-state index in [1.165, 1.54) is 25.7 Å². The van der Waals surface area contributed by atoms with Crippen LogP contribution in [0.1, 0.15) is 63.5 Å². The molecule has 0 amide bonds. The summed E-state index contributed by atoms with van der Waals surface area (Å²) in [6, 6.07) is 3.76. The van der Waals surface area contributed by atoms with Crippen molar-refractivity contribution in [3.8, 4) is 11.5 Å². The van der Waals surface area contributed by atoms with E-state index in [1.807, 2.05) is 0 Å². The fourth-order valence-electron chi connectivity index (χ4n) is 2.22. The number of phenols is 2. The lowest BCUT2D eigenvalue weighted by molar-refractivity contribution is 0.398. The molecule has 1 aromatic rings. The fraction of sp³-hybridized carbons (Fsp3) is 0.625. The molecule has 0 aliphatic rings. The molecule has 0 spiro atoms. The van der Waals surface area contributed by atoms with E-state index in [0.29, 0.717) is 0 Å². The van der Waals surface area contributed by atoms with Gasteiger partial charge in [-0.05, 0) is 42.9 Å². The number of unbranched alkanes of at least 4 members (excludes halogenated alkanes) is 4. The lowest BCUT2D eigenvalue weighted by Gasteiger charge is -2.10. The molecule has 1 aromatic carbocycles. The fourth-order valence-corrected chi connectivity index (χ4v) is 2.22. The van der Waals surface area contributed by atoms with Crippen molar-refractivity contribution in [1.29, 1.82) is 0 Å². The third-order valence-corrected chi connectivity index (χ3v) is 3.35. The van der Waals surface area contributed by atoms with Gasteiger partial charge in [-0.3, -0.25) is 0 Å². The number of rotatable bonds is 8. The van der Waals surface area contributed by atoms with E-state index < -0.39 is 0 Å². The van der Waals surface area contributed by atoms with Gasteiger partial charge in [-0.15, -0.1) is 0 Å². The van der Waals surface area contributed by atoms with Crippen LogP contribution in [0.15, 0.2) is 12.1 Å². The molecule has 2 heteroatoms. The van der Waals surface area contributed by atoms with Gasteiger partial charge in [-0.25, -0.2) is 0 Å². The van der Waals surface area contributed by atoms with E-state index in [1.54, 1.807) is 6.07 Å². The zero-order chi connectivity index (χ0) is 13.4. The summed E-state index contributed by atoms with van der Waals surface area (Å²) in [5.74, 6) is 0.112. The number of hydrogen-bond acceptors (Lipinski definition) is 2. The van der Waals surface area contributed by atoms with Gasteiger partial charge in [0.15, 0.2) is 11.5 Å². The zero-order valence-electron chi connectivity index (χ0n) is 11.7. The number of hydrogen-bond donors (Lipinski definition) is 2. The topological polar surface area (TPSA) is 40.5 Å². The van der Waals surface area contributed by atoms with Gasteiger partial charge in [0.2, 0.25) is 0 Å². The van der Waals surface area contributed by atoms with E-state index in [9.17, 15) is 10.2 Å². The van der Waals surface area contributed by atoms with Crippen molar-refractivity contribution in [2.75, 3.05) is 0 Å². The van der Waals surface area contributed by atoms with Crippen LogP contribution in [0.4, 0.5) is 0 Å². The van der Waals surface area contributed by atoms with Crippen molar-refractivity contribution < 1.29 is 10.2 Å². The summed E-state index contributed by atoms with van der Waals surface area (Å²) in [5, 5.41) is 19.6. The third-order valence-electron chi connectivity index (χ3n) is 3.35. The minimum Gasteiger partial charge on any atom is -0.504 e. The van der Waals surface area contributed by atoms with E-state index in [0.717, 1.165) is 36.8 Å². The monoisotopic (exact) mass is 250 g/mol. The largest absolute Gasteiger partial charge is 0.504 e. The Morgan fingerprint density at radius 3 is 2.06 bits per heavy atom. The predicted molar refractivity (Wildman–Crippen MR) is 76.2 cm³/mol. The highest BCUT2D eigenvalue weighted by Crippen LogP contribution is 2.32. The van der Waals surface area contributed by atoms with E-state index in [2.05, 4.69) is 19.9 Å². The molecule has 0 aromatic heterocycles. The molecule has 0 bridgehead atoms. The first-order valence-electron chi connectivity index (χ1n) is 7.22. The van der Waals surface area contributed by atoms with Crippen LogP contribution in [0.2, 0.25) is 0 Å². The van der Waals surface area contributed by atoms with Crippen LogP contribution in [-0.2, 0) is 12.8 Å². The van der Waals surface area contributed by atoms with Gasteiger partial charge in [-0.2, -0.15) is 0 Å². The average molecular weight is 250 g/mol. The van der Waals surface area contributed by atoms with Crippen LogP contribution in [-0.4, -0.2) is 10.2 Å². The average Bonchev–Trinajstić information content (AvgIpc) is 2.35. The molecule has 102 valence electrons. The second-order valence-corrected chi connectivity index (χ2v) is 5.04. The molecule has 0 atom stereocenters. The minimum atomic E-state index is 0.0375. The number of aryl methyl sites for hydroxylation is 2. The molecule has 0 radical (unpaired) electrons. The highest BCUT2D eigenvalue weighted by Gasteiger charge is 2.08. The van der Waals surface area contributed by atoms with Crippen LogP contribution in [0.3, 0.4) is 0 Å². The Hall–Kier alpha value is -1.18. The van der Waals surface area contributed by atoms with Gasteiger partial charge in [0.1, 0.15) is 0 Å². The second kappa shape index (κ2) is 8.02. The first kappa shape index (κ1) is 14.9. The Morgan fingerprint density at radius 2 is 1.44 bits per heavy atom. The Labute approximate surface area is 111 Å². The molecule has 0 unspecified atom stereocenters. The molecule has 0 aliphatic heterocycles. The van der Waals surface area contributed by atoms with Gasteiger partial charge >= 0.3 is 0 Å². The number of phenolic OH excluding ortho intramolecular Hbond substituents is 2. The van der Waals surface area contributed by atoms with Crippen LogP contribution in [0, 0.1) is 0 Å². The molecule has 18 heavy (non-hydrogen) atoms. The molecule has 2 nitrogen and oxygen atoms in total. The first-order valence-corrected chi connectivity index (χ1v) is 7.22. The molecule has 0 heterocycles. The Morgan fingerprint density at radius 1 is 0.833 bits per heavy atom. The van der Waals surface area contributed by atoms with Gasteiger partial charge in [0, 0.05) is 0 Å². The second-order valence-electron chi connectivity index (χ2n) is 5.04. The van der Waals surface area contributed by atoms with Crippen LogP contribution in [0.25, 0.3) is 0 Å². The van der Waals surface area contributed by atoms with Gasteiger partial charge in [0.05, 0.1) is 0 Å². The van der Waals surface area contributed by atoms with Gasteiger partial charge < -0.3 is 10.2 Å². The highest BCUT2D eigenvalue weighted by molar-refractivity contribution is 5.47. The molecular weight excluding hydrogens is 224 g/mol. The van der Waals surface area contributed by atoms with Crippen molar-refractivity contribution >= 4 is 0 Å². The molecule has 2 N–H and O–H groups in total. The molecule has 0 aliphatic carbocycles. The van der Waals surface area contributed by atoms with E-state index in [-0.39, 0.29) is 11.5 Å². The Kier molecular flexibility index (Phi) is 6.63. The quantitative estimate of drug-likeness (QED) is 0.524. The summed E-state index contributed by atoms with van der Waals surface area (Å²) in [5.41, 5.74) is 2.04. The molecule has 1 rings (SSSR count). The number of aromatic hydroxyl groups is 2. The van der Waals surface area contributed by atoms with Crippen molar-refractivity contribution in [3.63, 3.8) is 0 Å². The van der Waals surface area contributed by atoms with Crippen molar-refractivity contribution in [2.45, 2.75) is 65.2 Å². The van der Waals surface area contributed by atoms with Crippen molar-refractivity contribution in [3.05, 3.63) is 23.3 Å². The van der Waals surface area contributed by atoms with Gasteiger partial charge in [0.25, 0.3) is 0 Å². The van der Waals surface area contributed by atoms with Crippen molar-refractivity contribution in [2.24, 2.45) is 0 Å². The molecule has 0 fully saturated rings. The highest BCUT2D eigenvalue weighted by atomic mass is 16.3. The van der Waals surface area contributed by atoms with Crippen molar-refractivity contribution in [1.82, 2.24) is 0 Å². The predicted octanol–water partition coefficient (Wildman–Crippen LogP) is 4.56. The Balaban J connectivity index is 2.69. The summed E-state index contributed by atoms with van der Waals surface area (Å²) < 4.78 is 0. The summed E-state index contributed by atoms with van der Waals surface area (Å²) in [7, 11) is 0. The standard InChI is InChI=1S/C16H26O2/c1-3-5-7-9-13-11-14(10-8-6-4-2)16(18)15(17)12-13/h11-12,17-18H,3-10H2,1-2H3. The molecule has 0 saturated carbocycles. The van der Waals surface area contributed by atoms with E-state index in [4.69, 9.17) is 0 Å². The lowest BCUT2D eigenvalue weighted by Crippen LogP contribution is -1.92. The maximum atomic E-state index is 9.84. The molecule has 0 saturated heterocycles. The maximum Gasteiger partial charge on any atom is 0.160 e. The van der Waals surface area contributed by atoms with Crippen LogP contribution in [0.5, 0.6) is 11.5 Å². The van der Waals surface area contributed by atoms with Gasteiger partial charge in [-0.1, -0.05) is 45.6 Å². The van der Waals surface area contributed by atoms with Crippen LogP contribution < -0.4 is 0 Å². The third kappa shape index (κ3) is 4.59. The first-order chi connectivity index (χ1) is 8.69. The minimum absolute atomic E-state index is 0.0375. The summed E-state index contributed by atoms with van der Waals surface area (Å²) in [4.78, 5) is 0. The van der Waals surface area contributed by atoms with Crippen LogP contribution >= 0.6 is 0 Å².